The first-order valence-corrected chi connectivity index (χ1v) is 4.71. The average molecular weight is 211 g/mol. The Labute approximate surface area is 89.7 Å². The fraction of sp³-hybridized carbons (Fsp3) is 0.364. The minimum atomic E-state index is -0.962. The molecule has 1 aromatic rings. The van der Waals surface area contributed by atoms with E-state index in [0.29, 0.717) is 5.75 Å². The van der Waals surface area contributed by atoms with Crippen LogP contribution < -0.4 is 10.5 Å². The van der Waals surface area contributed by atoms with E-state index in [0.717, 1.165) is 12.1 Å². The first-order chi connectivity index (χ1) is 7.10. The van der Waals surface area contributed by atoms with Gasteiger partial charge in [0.1, 0.15) is 5.75 Å². The van der Waals surface area contributed by atoms with Gasteiger partial charge in [0.25, 0.3) is 0 Å². The Morgan fingerprint density at radius 3 is 2.27 bits per heavy atom. The number of nitrogens with two attached hydrogens (primary N) is 1. The predicted molar refractivity (Wildman–Crippen MR) is 59.0 cm³/mol. The summed E-state index contributed by atoms with van der Waals surface area (Å²) >= 11 is 0. The second-order valence-electron chi connectivity index (χ2n) is 2.90. The highest BCUT2D eigenvalue weighted by Gasteiger charge is 1.97. The third-order valence-corrected chi connectivity index (χ3v) is 1.38. The minimum Gasteiger partial charge on any atom is -0.482 e. The third kappa shape index (κ3) is 7.52. The van der Waals surface area contributed by atoms with Gasteiger partial charge >= 0.3 is 5.97 Å². The molecule has 3 N–H and O–H groups in total. The molecular weight excluding hydrogens is 194 g/mol. The van der Waals surface area contributed by atoms with Crippen molar-refractivity contribution in [1.29, 1.82) is 0 Å². The molecule has 0 heterocycles. The largest absolute Gasteiger partial charge is 0.482 e. The Kier molecular flexibility index (Phi) is 7.01. The number of benzene rings is 1. The van der Waals surface area contributed by atoms with E-state index in [1.54, 1.807) is 12.1 Å². The highest BCUT2D eigenvalue weighted by Crippen LogP contribution is 2.10. The van der Waals surface area contributed by atoms with Crippen LogP contribution in [-0.2, 0) is 4.79 Å². The second kappa shape index (κ2) is 7.82. The lowest BCUT2D eigenvalue weighted by Gasteiger charge is -2.01. The van der Waals surface area contributed by atoms with E-state index >= 15 is 0 Å². The maximum atomic E-state index is 10.1. The normalized spacial score (nSPS) is 8.73. The lowest BCUT2D eigenvalue weighted by atomic mass is 10.2. The number of rotatable bonds is 3. The van der Waals surface area contributed by atoms with Gasteiger partial charge in [-0.3, -0.25) is 0 Å². The minimum absolute atomic E-state index is 0.289. The number of aryl methyl sites for hydroxylation is 1. The second-order valence-corrected chi connectivity index (χ2v) is 2.90. The average Bonchev–Trinajstić information content (AvgIpc) is 2.18. The molecule has 4 heteroatoms. The van der Waals surface area contributed by atoms with Crippen molar-refractivity contribution in [2.24, 2.45) is 5.73 Å². The summed E-state index contributed by atoms with van der Waals surface area (Å²) in [5, 5.41) is 8.30. The molecule has 0 fully saturated rings. The molecule has 0 saturated carbocycles. The molecule has 0 bridgehead atoms. The monoisotopic (exact) mass is 211 g/mol. The van der Waals surface area contributed by atoms with Gasteiger partial charge in [-0.05, 0) is 25.6 Å². The lowest BCUT2D eigenvalue weighted by molar-refractivity contribution is -0.139. The summed E-state index contributed by atoms with van der Waals surface area (Å²) < 4.78 is 4.92. The van der Waals surface area contributed by atoms with Gasteiger partial charge < -0.3 is 15.6 Å². The zero-order valence-corrected chi connectivity index (χ0v) is 9.06. The topological polar surface area (TPSA) is 72.5 Å². The summed E-state index contributed by atoms with van der Waals surface area (Å²) in [4.78, 5) is 10.1. The maximum Gasteiger partial charge on any atom is 0.341 e. The lowest BCUT2D eigenvalue weighted by Crippen LogP contribution is -2.09. The predicted octanol–water partition coefficient (Wildman–Crippen LogP) is 1.42. The zero-order chi connectivity index (χ0) is 11.7. The van der Waals surface area contributed by atoms with Crippen molar-refractivity contribution in [1.82, 2.24) is 0 Å². The van der Waals surface area contributed by atoms with E-state index in [-0.39, 0.29) is 6.61 Å². The molecule has 1 rings (SSSR count). The van der Waals surface area contributed by atoms with Crippen molar-refractivity contribution in [2.45, 2.75) is 13.8 Å². The van der Waals surface area contributed by atoms with Crippen molar-refractivity contribution >= 4 is 5.97 Å². The highest BCUT2D eigenvalue weighted by atomic mass is 16.5. The van der Waals surface area contributed by atoms with Crippen LogP contribution in [0.15, 0.2) is 24.3 Å². The molecule has 0 saturated heterocycles. The molecule has 1 aromatic carbocycles. The Morgan fingerprint density at radius 2 is 1.87 bits per heavy atom. The quantitative estimate of drug-likeness (QED) is 0.793. The molecule has 84 valence electrons. The van der Waals surface area contributed by atoms with Gasteiger partial charge in [0.2, 0.25) is 0 Å². The van der Waals surface area contributed by atoms with Crippen molar-refractivity contribution in [2.75, 3.05) is 13.2 Å². The number of aliphatic carboxylic acids is 1. The molecule has 0 radical (unpaired) electrons. The molecule has 0 atom stereocenters. The first-order valence-electron chi connectivity index (χ1n) is 4.71. The maximum absolute atomic E-state index is 10.1. The molecule has 0 aliphatic rings. The number of hydrogen-bond donors (Lipinski definition) is 2. The third-order valence-electron chi connectivity index (χ3n) is 1.38. The standard InChI is InChI=1S/C9H10O3.C2H7N/c1-7-2-4-8(5-3-7)12-6-9(10)11;1-2-3/h2-5H,6H2,1H3,(H,10,11);2-3H2,1H3. The van der Waals surface area contributed by atoms with Gasteiger partial charge in [0, 0.05) is 0 Å². The van der Waals surface area contributed by atoms with Crippen LogP contribution in [0.3, 0.4) is 0 Å². The van der Waals surface area contributed by atoms with Crippen LogP contribution in [0.1, 0.15) is 12.5 Å². The van der Waals surface area contributed by atoms with Gasteiger partial charge in [-0.1, -0.05) is 24.6 Å². The SMILES string of the molecule is CCN.Cc1ccc(OCC(=O)O)cc1. The summed E-state index contributed by atoms with van der Waals surface area (Å²) in [6, 6.07) is 7.24. The van der Waals surface area contributed by atoms with Crippen LogP contribution in [0.2, 0.25) is 0 Å². The number of carbonyl (C=O) groups is 1. The van der Waals surface area contributed by atoms with Crippen LogP contribution in [0.5, 0.6) is 5.75 Å². The number of carboxylic acids is 1. The molecule has 0 aliphatic carbocycles. The van der Waals surface area contributed by atoms with Crippen LogP contribution in [0.4, 0.5) is 0 Å². The van der Waals surface area contributed by atoms with E-state index < -0.39 is 5.97 Å². The summed E-state index contributed by atoms with van der Waals surface area (Å²) in [5.74, 6) is -0.376. The Hall–Kier alpha value is -1.55. The van der Waals surface area contributed by atoms with Crippen molar-refractivity contribution < 1.29 is 14.6 Å². The van der Waals surface area contributed by atoms with Crippen LogP contribution in [-0.4, -0.2) is 24.2 Å². The Morgan fingerprint density at radius 1 is 1.40 bits per heavy atom. The molecule has 15 heavy (non-hydrogen) atoms. The van der Waals surface area contributed by atoms with Crippen molar-refractivity contribution in [3.05, 3.63) is 29.8 Å². The molecule has 0 amide bonds. The summed E-state index contributed by atoms with van der Waals surface area (Å²) in [6.07, 6.45) is 0. The molecule has 0 spiro atoms. The van der Waals surface area contributed by atoms with Gasteiger partial charge in [-0.2, -0.15) is 0 Å². The summed E-state index contributed by atoms with van der Waals surface area (Å²) in [6.45, 7) is 4.32. The summed E-state index contributed by atoms with van der Waals surface area (Å²) in [5.41, 5.74) is 5.97. The molecule has 4 nitrogen and oxygen atoms in total. The number of ether oxygens (including phenoxy) is 1. The fourth-order valence-corrected chi connectivity index (χ4v) is 0.780. The Bertz CT molecular complexity index is 282. The number of hydrogen-bond acceptors (Lipinski definition) is 3. The highest BCUT2D eigenvalue weighted by molar-refractivity contribution is 5.68. The molecular formula is C11H17NO3. The van der Waals surface area contributed by atoms with Gasteiger partial charge in [0.15, 0.2) is 6.61 Å². The fourth-order valence-electron chi connectivity index (χ4n) is 0.780. The van der Waals surface area contributed by atoms with Crippen molar-refractivity contribution in [3.63, 3.8) is 0 Å². The van der Waals surface area contributed by atoms with E-state index in [1.807, 2.05) is 26.0 Å². The van der Waals surface area contributed by atoms with E-state index in [9.17, 15) is 4.79 Å². The van der Waals surface area contributed by atoms with Crippen LogP contribution in [0.25, 0.3) is 0 Å². The molecule has 0 aromatic heterocycles. The Balaban J connectivity index is 0.000000583. The van der Waals surface area contributed by atoms with Gasteiger partial charge in [-0.25, -0.2) is 4.79 Å². The van der Waals surface area contributed by atoms with Gasteiger partial charge in [-0.15, -0.1) is 0 Å². The van der Waals surface area contributed by atoms with Gasteiger partial charge in [0.05, 0.1) is 0 Å². The van der Waals surface area contributed by atoms with Crippen LogP contribution in [0, 0.1) is 6.92 Å². The molecule has 0 aliphatic heterocycles. The summed E-state index contributed by atoms with van der Waals surface area (Å²) in [7, 11) is 0. The van der Waals surface area contributed by atoms with E-state index in [1.165, 1.54) is 0 Å². The first kappa shape index (κ1) is 13.4. The number of carboxylic acid groups (broad SMARTS) is 1. The molecule has 0 unspecified atom stereocenters. The smallest absolute Gasteiger partial charge is 0.341 e. The van der Waals surface area contributed by atoms with E-state index in [2.05, 4.69) is 0 Å². The zero-order valence-electron chi connectivity index (χ0n) is 9.06. The van der Waals surface area contributed by atoms with Crippen molar-refractivity contribution in [3.8, 4) is 5.75 Å². The van der Waals surface area contributed by atoms with Crippen LogP contribution >= 0.6 is 0 Å². The van der Waals surface area contributed by atoms with E-state index in [4.69, 9.17) is 15.6 Å².